The van der Waals surface area contributed by atoms with Crippen LogP contribution in [0.15, 0.2) is 45.3 Å². The first kappa shape index (κ1) is 33.0. The standard InChI is InChI=1S/C33H43Br2N7O4/c1-38-10-6-24(7-11-38)39-14-16-40(17-15-39)31(44)29(20-22-18-26(34)30(43)27(35)19-22)37-32(45)41-12-8-25(9-13-41)42-21-23-4-2-3-5-28(23)36-33(42)46/h2-5,18-19,24-25,29,43H,6-17,20-21H2,1H3,(H,36,46)(H,37,45)/t29-/m1/s1. The number of aromatic hydroxyl groups is 1. The topological polar surface area (TPSA) is 112 Å². The van der Waals surface area contributed by atoms with Crippen molar-refractivity contribution in [2.24, 2.45) is 0 Å². The molecule has 6 rings (SSSR count). The Bertz CT molecular complexity index is 1410. The van der Waals surface area contributed by atoms with Gasteiger partial charge in [0.25, 0.3) is 0 Å². The van der Waals surface area contributed by atoms with Gasteiger partial charge in [0.1, 0.15) is 11.8 Å². The number of hydrogen-bond acceptors (Lipinski definition) is 6. The Kier molecular flexibility index (Phi) is 10.4. The van der Waals surface area contributed by atoms with Crippen LogP contribution in [0.25, 0.3) is 0 Å². The monoisotopic (exact) mass is 759 g/mol. The summed E-state index contributed by atoms with van der Waals surface area (Å²) in [6.07, 6.45) is 3.93. The molecule has 0 spiro atoms. The lowest BCUT2D eigenvalue weighted by Gasteiger charge is -2.43. The molecule has 5 amide bonds. The van der Waals surface area contributed by atoms with Crippen LogP contribution >= 0.6 is 31.9 Å². The molecule has 0 saturated carbocycles. The fourth-order valence-corrected chi connectivity index (χ4v) is 8.48. The Morgan fingerprint density at radius 2 is 1.54 bits per heavy atom. The van der Waals surface area contributed by atoms with Gasteiger partial charge in [-0.05, 0) is 107 Å². The van der Waals surface area contributed by atoms with Crippen molar-refractivity contribution in [3.63, 3.8) is 0 Å². The van der Waals surface area contributed by atoms with Gasteiger partial charge >= 0.3 is 12.1 Å². The number of halogens is 2. The predicted octanol–water partition coefficient (Wildman–Crippen LogP) is 4.29. The summed E-state index contributed by atoms with van der Waals surface area (Å²) in [6.45, 7) is 6.68. The average Bonchev–Trinajstić information content (AvgIpc) is 3.06. The third-order valence-corrected chi connectivity index (χ3v) is 11.2. The fraction of sp³-hybridized carbons (Fsp3) is 0.545. The number of piperidine rings is 2. The predicted molar refractivity (Wildman–Crippen MR) is 184 cm³/mol. The highest BCUT2D eigenvalue weighted by Gasteiger charge is 2.35. The largest absolute Gasteiger partial charge is 0.506 e. The molecule has 0 unspecified atom stereocenters. The number of piperazine rings is 1. The molecule has 0 radical (unpaired) electrons. The van der Waals surface area contributed by atoms with Crippen molar-refractivity contribution in [3.8, 4) is 5.75 Å². The number of urea groups is 2. The first-order chi connectivity index (χ1) is 22.2. The number of benzene rings is 2. The number of rotatable bonds is 6. The molecule has 0 bridgehead atoms. The zero-order valence-corrected chi connectivity index (χ0v) is 29.4. The molecule has 13 heteroatoms. The smallest absolute Gasteiger partial charge is 0.322 e. The van der Waals surface area contributed by atoms with Crippen molar-refractivity contribution >= 4 is 55.5 Å². The summed E-state index contributed by atoms with van der Waals surface area (Å²) in [5.41, 5.74) is 2.76. The molecule has 4 heterocycles. The molecule has 2 aromatic carbocycles. The van der Waals surface area contributed by atoms with Crippen LogP contribution in [0.1, 0.15) is 36.8 Å². The Hall–Kier alpha value is -2.87. The van der Waals surface area contributed by atoms with Gasteiger partial charge in [-0.2, -0.15) is 0 Å². The second-order valence-corrected chi connectivity index (χ2v) is 14.7. The molecule has 0 aromatic heterocycles. The number of para-hydroxylation sites is 1. The van der Waals surface area contributed by atoms with Crippen molar-refractivity contribution < 1.29 is 19.5 Å². The molecule has 46 heavy (non-hydrogen) atoms. The molecule has 11 nitrogen and oxygen atoms in total. The molecule has 4 aliphatic heterocycles. The molecule has 0 aliphatic carbocycles. The molecule has 3 N–H and O–H groups in total. The Morgan fingerprint density at radius 3 is 2.22 bits per heavy atom. The Labute approximate surface area is 287 Å². The van der Waals surface area contributed by atoms with E-state index in [0.29, 0.717) is 67.0 Å². The van der Waals surface area contributed by atoms with Crippen LogP contribution in [0, 0.1) is 0 Å². The summed E-state index contributed by atoms with van der Waals surface area (Å²) in [7, 11) is 2.17. The third-order valence-electron chi connectivity index (χ3n) is 10.00. The van der Waals surface area contributed by atoms with Crippen LogP contribution < -0.4 is 10.6 Å². The highest BCUT2D eigenvalue weighted by molar-refractivity contribution is 9.11. The maximum Gasteiger partial charge on any atom is 0.322 e. The van der Waals surface area contributed by atoms with Gasteiger partial charge < -0.3 is 35.3 Å². The lowest BCUT2D eigenvalue weighted by atomic mass is 10.0. The van der Waals surface area contributed by atoms with Gasteiger partial charge in [-0.3, -0.25) is 9.69 Å². The average molecular weight is 762 g/mol. The second-order valence-electron chi connectivity index (χ2n) is 12.9. The van der Waals surface area contributed by atoms with E-state index in [-0.39, 0.29) is 29.8 Å². The number of phenolic OH excluding ortho intramolecular Hbond substituents is 1. The first-order valence-corrected chi connectivity index (χ1v) is 17.8. The molecule has 248 valence electrons. The number of nitrogens with one attached hydrogen (secondary N) is 2. The number of carbonyl (C=O) groups is 3. The van der Waals surface area contributed by atoms with Crippen LogP contribution in [0.4, 0.5) is 15.3 Å². The molecule has 3 fully saturated rings. The fourth-order valence-electron chi connectivity index (χ4n) is 7.20. The van der Waals surface area contributed by atoms with E-state index in [1.165, 1.54) is 0 Å². The number of carbonyl (C=O) groups excluding carboxylic acids is 3. The minimum Gasteiger partial charge on any atom is -0.506 e. The zero-order chi connectivity index (χ0) is 32.4. The van der Waals surface area contributed by atoms with Crippen LogP contribution in [0.5, 0.6) is 5.75 Å². The van der Waals surface area contributed by atoms with Gasteiger partial charge in [-0.25, -0.2) is 9.59 Å². The van der Waals surface area contributed by atoms with Crippen LogP contribution in [0.2, 0.25) is 0 Å². The van der Waals surface area contributed by atoms with Crippen LogP contribution in [-0.4, -0.2) is 125 Å². The van der Waals surface area contributed by atoms with E-state index < -0.39 is 6.04 Å². The number of hydrogen-bond donors (Lipinski definition) is 3. The quantitative estimate of drug-likeness (QED) is 0.406. The van der Waals surface area contributed by atoms with E-state index in [1.54, 1.807) is 17.0 Å². The third kappa shape index (κ3) is 7.48. The van der Waals surface area contributed by atoms with Gasteiger partial charge in [0, 0.05) is 70.0 Å². The Morgan fingerprint density at radius 1 is 0.913 bits per heavy atom. The highest BCUT2D eigenvalue weighted by Crippen LogP contribution is 2.34. The lowest BCUT2D eigenvalue weighted by molar-refractivity contribution is -0.135. The van der Waals surface area contributed by atoms with Crippen LogP contribution in [-0.2, 0) is 17.8 Å². The minimum absolute atomic E-state index is 0.0300. The van der Waals surface area contributed by atoms with Gasteiger partial charge in [-0.1, -0.05) is 18.2 Å². The van der Waals surface area contributed by atoms with Crippen molar-refractivity contribution in [2.45, 2.75) is 56.8 Å². The van der Waals surface area contributed by atoms with Crippen molar-refractivity contribution in [3.05, 3.63) is 56.5 Å². The zero-order valence-electron chi connectivity index (χ0n) is 26.3. The normalized spacial score (nSPS) is 21.1. The summed E-state index contributed by atoms with van der Waals surface area (Å²) < 4.78 is 1.04. The summed E-state index contributed by atoms with van der Waals surface area (Å²) in [5, 5.41) is 16.3. The number of amides is 5. The number of anilines is 1. The van der Waals surface area contributed by atoms with E-state index in [2.05, 4.69) is 59.3 Å². The van der Waals surface area contributed by atoms with Gasteiger partial charge in [0.2, 0.25) is 5.91 Å². The van der Waals surface area contributed by atoms with E-state index >= 15 is 0 Å². The summed E-state index contributed by atoms with van der Waals surface area (Å²) in [6, 6.07) is 10.9. The first-order valence-electron chi connectivity index (χ1n) is 16.3. The SMILES string of the molecule is CN1CCC(N2CCN(C(=O)[C@@H](Cc3cc(Br)c(O)c(Br)c3)NC(=O)N3CCC(N4Cc5ccccc5NC4=O)CC3)CC2)CC1. The maximum absolute atomic E-state index is 14.0. The summed E-state index contributed by atoms with van der Waals surface area (Å²) >= 11 is 6.80. The molecule has 4 aliphatic rings. The summed E-state index contributed by atoms with van der Waals surface area (Å²) in [4.78, 5) is 50.9. The summed E-state index contributed by atoms with van der Waals surface area (Å²) in [5.74, 6) is 0.00433. The van der Waals surface area contributed by atoms with E-state index in [4.69, 9.17) is 0 Å². The molecular weight excluding hydrogens is 718 g/mol. The Balaban J connectivity index is 1.09. The molecule has 3 saturated heterocycles. The van der Waals surface area contributed by atoms with Gasteiger partial charge in [-0.15, -0.1) is 0 Å². The maximum atomic E-state index is 14.0. The van der Waals surface area contributed by atoms with E-state index in [1.807, 2.05) is 34.1 Å². The molecule has 2 aromatic rings. The van der Waals surface area contributed by atoms with Crippen molar-refractivity contribution in [1.29, 1.82) is 0 Å². The van der Waals surface area contributed by atoms with Crippen LogP contribution in [0.3, 0.4) is 0 Å². The lowest BCUT2D eigenvalue weighted by Crippen LogP contribution is -2.59. The van der Waals surface area contributed by atoms with Gasteiger partial charge in [0.05, 0.1) is 8.95 Å². The number of phenols is 1. The van der Waals surface area contributed by atoms with Crippen molar-refractivity contribution in [2.75, 3.05) is 64.7 Å². The van der Waals surface area contributed by atoms with Crippen molar-refractivity contribution in [1.82, 2.24) is 29.8 Å². The van der Waals surface area contributed by atoms with E-state index in [9.17, 15) is 19.5 Å². The molecule has 1 atom stereocenters. The molecular formula is C33H43Br2N7O4. The van der Waals surface area contributed by atoms with E-state index in [0.717, 1.165) is 55.8 Å². The minimum atomic E-state index is -0.757. The second kappa shape index (κ2) is 14.5. The number of likely N-dealkylation sites (tertiary alicyclic amines) is 2. The highest BCUT2D eigenvalue weighted by atomic mass is 79.9. The van der Waals surface area contributed by atoms with Gasteiger partial charge in [0.15, 0.2) is 0 Å². The number of fused-ring (bicyclic) bond motifs is 1. The number of nitrogens with zero attached hydrogens (tertiary/aromatic N) is 5.